The van der Waals surface area contributed by atoms with E-state index in [2.05, 4.69) is 31.3 Å². The molecular formula is C14H23NOS. The highest BCUT2D eigenvalue weighted by Crippen LogP contribution is 2.14. The molecule has 0 aliphatic carbocycles. The molecule has 17 heavy (non-hydrogen) atoms. The summed E-state index contributed by atoms with van der Waals surface area (Å²) >= 11 is 0. The second kappa shape index (κ2) is 8.43. The molecule has 0 radical (unpaired) electrons. The van der Waals surface area contributed by atoms with E-state index in [0.717, 1.165) is 30.9 Å². The van der Waals surface area contributed by atoms with Gasteiger partial charge in [0, 0.05) is 28.3 Å². The lowest BCUT2D eigenvalue weighted by atomic mass is 10.1. The standard InChI is InChI=1S/C14H23NOS/c1-3-5-11-17(16)12-14(15-4-2)13-9-7-6-8-10-13/h6-10,14-15H,3-5,11-12H2,1-2H3. The average Bonchev–Trinajstić information content (AvgIpc) is 2.37. The van der Waals surface area contributed by atoms with Crippen molar-refractivity contribution in [1.29, 1.82) is 0 Å². The Hall–Kier alpha value is -0.670. The van der Waals surface area contributed by atoms with Crippen LogP contribution in [-0.4, -0.2) is 22.3 Å². The van der Waals surface area contributed by atoms with E-state index in [0.29, 0.717) is 0 Å². The third kappa shape index (κ3) is 5.46. The number of hydrogen-bond donors (Lipinski definition) is 1. The first-order valence-corrected chi connectivity index (χ1v) is 7.90. The maximum absolute atomic E-state index is 11.9. The van der Waals surface area contributed by atoms with Gasteiger partial charge in [0.25, 0.3) is 0 Å². The summed E-state index contributed by atoms with van der Waals surface area (Å²) in [6.45, 7) is 5.13. The third-order valence-electron chi connectivity index (χ3n) is 2.73. The number of hydrogen-bond acceptors (Lipinski definition) is 2. The van der Waals surface area contributed by atoms with Gasteiger partial charge in [0.15, 0.2) is 0 Å². The van der Waals surface area contributed by atoms with Gasteiger partial charge in [-0.3, -0.25) is 4.21 Å². The summed E-state index contributed by atoms with van der Waals surface area (Å²) in [5.41, 5.74) is 1.24. The van der Waals surface area contributed by atoms with Gasteiger partial charge in [0.05, 0.1) is 0 Å². The molecule has 3 heteroatoms. The molecule has 0 heterocycles. The van der Waals surface area contributed by atoms with Gasteiger partial charge in [-0.1, -0.05) is 50.6 Å². The second-order valence-corrected chi connectivity index (χ2v) is 5.81. The van der Waals surface area contributed by atoms with Crippen molar-refractivity contribution < 1.29 is 4.21 Å². The van der Waals surface area contributed by atoms with E-state index < -0.39 is 10.8 Å². The third-order valence-corrected chi connectivity index (χ3v) is 4.18. The number of nitrogens with one attached hydrogen (secondary N) is 1. The summed E-state index contributed by atoms with van der Waals surface area (Å²) in [5.74, 6) is 1.54. The molecule has 0 saturated carbocycles. The Morgan fingerprint density at radius 2 is 1.94 bits per heavy atom. The minimum absolute atomic E-state index is 0.221. The summed E-state index contributed by atoms with van der Waals surface area (Å²) in [6.07, 6.45) is 2.17. The summed E-state index contributed by atoms with van der Waals surface area (Å²) in [7, 11) is -0.714. The van der Waals surface area contributed by atoms with Crippen molar-refractivity contribution >= 4 is 10.8 Å². The minimum Gasteiger partial charge on any atom is -0.309 e. The molecule has 0 bridgehead atoms. The topological polar surface area (TPSA) is 29.1 Å². The second-order valence-electron chi connectivity index (χ2n) is 4.19. The van der Waals surface area contributed by atoms with Gasteiger partial charge >= 0.3 is 0 Å². The van der Waals surface area contributed by atoms with Crippen LogP contribution in [0.4, 0.5) is 0 Å². The summed E-state index contributed by atoms with van der Waals surface area (Å²) in [6, 6.07) is 10.5. The summed E-state index contributed by atoms with van der Waals surface area (Å²) in [4.78, 5) is 0. The monoisotopic (exact) mass is 253 g/mol. The zero-order valence-corrected chi connectivity index (χ0v) is 11.6. The predicted molar refractivity (Wildman–Crippen MR) is 75.6 cm³/mol. The van der Waals surface area contributed by atoms with Crippen LogP contribution in [0.25, 0.3) is 0 Å². The van der Waals surface area contributed by atoms with Gasteiger partial charge in [-0.25, -0.2) is 0 Å². The van der Waals surface area contributed by atoms with Crippen molar-refractivity contribution in [2.45, 2.75) is 32.7 Å². The van der Waals surface area contributed by atoms with E-state index in [4.69, 9.17) is 0 Å². The van der Waals surface area contributed by atoms with Gasteiger partial charge in [0.1, 0.15) is 0 Å². The maximum Gasteiger partial charge on any atom is 0.0436 e. The lowest BCUT2D eigenvalue weighted by molar-refractivity contribution is 0.593. The quantitative estimate of drug-likeness (QED) is 0.772. The Balaban J connectivity index is 2.57. The fourth-order valence-corrected chi connectivity index (χ4v) is 3.24. The van der Waals surface area contributed by atoms with E-state index in [-0.39, 0.29) is 6.04 Å². The van der Waals surface area contributed by atoms with Crippen molar-refractivity contribution in [3.63, 3.8) is 0 Å². The Kier molecular flexibility index (Phi) is 7.13. The molecule has 2 atom stereocenters. The lowest BCUT2D eigenvalue weighted by Crippen LogP contribution is -2.26. The van der Waals surface area contributed by atoms with Crippen LogP contribution in [-0.2, 0) is 10.8 Å². The van der Waals surface area contributed by atoms with Gasteiger partial charge < -0.3 is 5.32 Å². The van der Waals surface area contributed by atoms with Crippen LogP contribution in [0.15, 0.2) is 30.3 Å². The first-order chi connectivity index (χ1) is 8.27. The normalized spacial score (nSPS) is 14.5. The molecule has 0 amide bonds. The molecule has 2 unspecified atom stereocenters. The van der Waals surface area contributed by atoms with Crippen molar-refractivity contribution in [2.24, 2.45) is 0 Å². The minimum atomic E-state index is -0.714. The highest BCUT2D eigenvalue weighted by molar-refractivity contribution is 7.85. The van der Waals surface area contributed by atoms with Gasteiger partial charge in [-0.15, -0.1) is 0 Å². The highest BCUT2D eigenvalue weighted by Gasteiger charge is 2.13. The predicted octanol–water partition coefficient (Wildman–Crippen LogP) is 2.89. The van der Waals surface area contributed by atoms with Crippen molar-refractivity contribution in [3.8, 4) is 0 Å². The van der Waals surface area contributed by atoms with E-state index >= 15 is 0 Å². The van der Waals surface area contributed by atoms with Crippen LogP contribution in [0, 0.1) is 0 Å². The molecule has 1 rings (SSSR count). The van der Waals surface area contributed by atoms with Crippen molar-refractivity contribution in [2.75, 3.05) is 18.1 Å². The zero-order chi connectivity index (χ0) is 12.5. The smallest absolute Gasteiger partial charge is 0.0436 e. The fraction of sp³-hybridized carbons (Fsp3) is 0.571. The van der Waals surface area contributed by atoms with E-state index in [1.165, 1.54) is 5.56 Å². The Morgan fingerprint density at radius 1 is 1.24 bits per heavy atom. The van der Waals surface area contributed by atoms with E-state index in [9.17, 15) is 4.21 Å². The average molecular weight is 253 g/mol. The lowest BCUT2D eigenvalue weighted by Gasteiger charge is -2.17. The first kappa shape index (κ1) is 14.4. The molecule has 1 aromatic carbocycles. The molecule has 0 aliphatic heterocycles. The molecule has 96 valence electrons. The number of benzene rings is 1. The largest absolute Gasteiger partial charge is 0.309 e. The molecule has 0 aromatic heterocycles. The van der Waals surface area contributed by atoms with Crippen LogP contribution in [0.3, 0.4) is 0 Å². The maximum atomic E-state index is 11.9. The zero-order valence-electron chi connectivity index (χ0n) is 10.8. The van der Waals surface area contributed by atoms with Crippen LogP contribution in [0.1, 0.15) is 38.3 Å². The Morgan fingerprint density at radius 3 is 2.53 bits per heavy atom. The Labute approximate surface area is 107 Å². The van der Waals surface area contributed by atoms with Crippen LogP contribution in [0.5, 0.6) is 0 Å². The molecule has 1 aromatic rings. The molecule has 2 nitrogen and oxygen atoms in total. The van der Waals surface area contributed by atoms with Gasteiger partial charge in [-0.2, -0.15) is 0 Å². The first-order valence-electron chi connectivity index (χ1n) is 6.41. The summed E-state index contributed by atoms with van der Waals surface area (Å²) < 4.78 is 11.9. The summed E-state index contributed by atoms with van der Waals surface area (Å²) in [5, 5.41) is 3.41. The molecule has 0 saturated heterocycles. The van der Waals surface area contributed by atoms with E-state index in [1.54, 1.807) is 0 Å². The highest BCUT2D eigenvalue weighted by atomic mass is 32.2. The molecule has 1 N–H and O–H groups in total. The number of unbranched alkanes of at least 4 members (excludes halogenated alkanes) is 1. The van der Waals surface area contributed by atoms with Crippen LogP contribution < -0.4 is 5.32 Å². The molecule has 0 aliphatic rings. The molecular weight excluding hydrogens is 230 g/mol. The molecule has 0 spiro atoms. The van der Waals surface area contributed by atoms with Crippen LogP contribution in [0.2, 0.25) is 0 Å². The van der Waals surface area contributed by atoms with Crippen molar-refractivity contribution in [1.82, 2.24) is 5.32 Å². The van der Waals surface area contributed by atoms with Gasteiger partial charge in [0.2, 0.25) is 0 Å². The molecule has 0 fully saturated rings. The Bertz CT molecular complexity index is 326. The van der Waals surface area contributed by atoms with Crippen molar-refractivity contribution in [3.05, 3.63) is 35.9 Å². The van der Waals surface area contributed by atoms with E-state index in [1.807, 2.05) is 18.2 Å². The number of rotatable bonds is 8. The SMILES string of the molecule is CCCCS(=O)CC(NCC)c1ccccc1. The van der Waals surface area contributed by atoms with Crippen LogP contribution >= 0.6 is 0 Å². The fourth-order valence-electron chi connectivity index (χ4n) is 1.78. The van der Waals surface area contributed by atoms with Gasteiger partial charge in [-0.05, 0) is 18.5 Å².